The third kappa shape index (κ3) is 3.15. The van der Waals surface area contributed by atoms with Crippen LogP contribution >= 0.6 is 11.3 Å². The maximum absolute atomic E-state index is 12.6. The number of hydrogen-bond acceptors (Lipinski definition) is 5. The molecule has 4 aromatic rings. The van der Waals surface area contributed by atoms with Gasteiger partial charge in [0.1, 0.15) is 16.4 Å². The predicted molar refractivity (Wildman–Crippen MR) is 111 cm³/mol. The highest BCUT2D eigenvalue weighted by molar-refractivity contribution is 7.13. The number of rotatable bonds is 4. The second kappa shape index (κ2) is 7.17. The fourth-order valence-corrected chi connectivity index (χ4v) is 3.78. The van der Waals surface area contributed by atoms with E-state index in [0.717, 1.165) is 16.1 Å². The normalized spacial score (nSPS) is 10.9. The molecule has 0 saturated heterocycles. The average Bonchev–Trinajstić information content (AvgIpc) is 3.21. The largest absolute Gasteiger partial charge is 0.394 e. The minimum atomic E-state index is -0.290. The van der Waals surface area contributed by atoms with Crippen molar-refractivity contribution >= 4 is 17.0 Å². The van der Waals surface area contributed by atoms with Crippen molar-refractivity contribution in [2.24, 2.45) is 0 Å². The Bertz CT molecular complexity index is 1130. The van der Waals surface area contributed by atoms with Gasteiger partial charge in [0.05, 0.1) is 11.3 Å². The molecule has 0 fully saturated rings. The van der Waals surface area contributed by atoms with Gasteiger partial charge in [-0.1, -0.05) is 60.7 Å². The van der Waals surface area contributed by atoms with Crippen molar-refractivity contribution in [2.75, 3.05) is 5.73 Å². The van der Waals surface area contributed by atoms with Crippen LogP contribution in [-0.4, -0.2) is 14.8 Å². The predicted octanol–water partition coefficient (Wildman–Crippen LogP) is 4.30. The first-order valence-corrected chi connectivity index (χ1v) is 9.54. The van der Waals surface area contributed by atoms with Gasteiger partial charge >= 0.3 is 0 Å². The fraction of sp³-hybridized carbons (Fsp3) is 0.0952. The summed E-state index contributed by atoms with van der Waals surface area (Å²) in [5.74, 6) is 0. The molecule has 0 atom stereocenters. The Hall–Kier alpha value is -3.25. The number of nitrogen functional groups attached to an aromatic ring is 1. The van der Waals surface area contributed by atoms with E-state index in [1.807, 2.05) is 73.0 Å². The van der Waals surface area contributed by atoms with Crippen molar-refractivity contribution < 1.29 is 0 Å². The van der Waals surface area contributed by atoms with Gasteiger partial charge < -0.3 is 5.73 Å². The SMILES string of the molecule is CCn1nc(-c2ccccc2)c(-c2csc(-c3ccccc3)n2)c(N)c1=O. The molecule has 2 aromatic heterocycles. The monoisotopic (exact) mass is 374 g/mol. The smallest absolute Gasteiger partial charge is 0.290 e. The molecule has 134 valence electrons. The third-order valence-electron chi connectivity index (χ3n) is 4.32. The second-order valence-corrected chi connectivity index (χ2v) is 6.89. The van der Waals surface area contributed by atoms with E-state index in [9.17, 15) is 4.79 Å². The van der Waals surface area contributed by atoms with Crippen LogP contribution in [0.25, 0.3) is 33.1 Å². The van der Waals surface area contributed by atoms with Gasteiger partial charge in [-0.2, -0.15) is 5.10 Å². The van der Waals surface area contributed by atoms with E-state index < -0.39 is 0 Å². The topological polar surface area (TPSA) is 73.8 Å². The van der Waals surface area contributed by atoms with Crippen LogP contribution in [0, 0.1) is 0 Å². The molecule has 0 saturated carbocycles. The summed E-state index contributed by atoms with van der Waals surface area (Å²) in [6, 6.07) is 19.7. The Morgan fingerprint density at radius 2 is 1.63 bits per heavy atom. The minimum Gasteiger partial charge on any atom is -0.394 e. The van der Waals surface area contributed by atoms with Crippen molar-refractivity contribution in [1.82, 2.24) is 14.8 Å². The first-order valence-electron chi connectivity index (χ1n) is 8.66. The van der Waals surface area contributed by atoms with Crippen LogP contribution < -0.4 is 11.3 Å². The van der Waals surface area contributed by atoms with Gasteiger partial charge in [0.2, 0.25) is 0 Å². The highest BCUT2D eigenvalue weighted by Crippen LogP contribution is 2.36. The Morgan fingerprint density at radius 1 is 1.00 bits per heavy atom. The van der Waals surface area contributed by atoms with E-state index in [4.69, 9.17) is 10.7 Å². The van der Waals surface area contributed by atoms with Crippen LogP contribution in [-0.2, 0) is 6.54 Å². The van der Waals surface area contributed by atoms with E-state index in [1.165, 1.54) is 16.0 Å². The second-order valence-electron chi connectivity index (χ2n) is 6.03. The zero-order valence-corrected chi connectivity index (χ0v) is 15.6. The summed E-state index contributed by atoms with van der Waals surface area (Å²) in [5.41, 5.74) is 10.0. The number of nitrogens with zero attached hydrogens (tertiary/aromatic N) is 3. The Labute approximate surface area is 160 Å². The number of hydrogen-bond donors (Lipinski definition) is 1. The third-order valence-corrected chi connectivity index (χ3v) is 5.21. The first kappa shape index (κ1) is 17.2. The molecule has 27 heavy (non-hydrogen) atoms. The van der Waals surface area contributed by atoms with Gasteiger partial charge in [-0.3, -0.25) is 4.79 Å². The Balaban J connectivity index is 1.94. The highest BCUT2D eigenvalue weighted by Gasteiger charge is 2.20. The van der Waals surface area contributed by atoms with Crippen LogP contribution in [0.15, 0.2) is 70.8 Å². The van der Waals surface area contributed by atoms with Gasteiger partial charge in [0, 0.05) is 23.1 Å². The lowest BCUT2D eigenvalue weighted by molar-refractivity contribution is 0.622. The van der Waals surface area contributed by atoms with E-state index in [-0.39, 0.29) is 11.2 Å². The van der Waals surface area contributed by atoms with Gasteiger partial charge in [-0.25, -0.2) is 9.67 Å². The lowest BCUT2D eigenvalue weighted by atomic mass is 10.0. The van der Waals surface area contributed by atoms with Gasteiger partial charge in [-0.05, 0) is 6.92 Å². The van der Waals surface area contributed by atoms with Crippen molar-refractivity contribution in [2.45, 2.75) is 13.5 Å². The minimum absolute atomic E-state index is 0.176. The molecular weight excluding hydrogens is 356 g/mol. The number of thiazole rings is 1. The number of anilines is 1. The molecule has 6 heteroatoms. The molecule has 0 spiro atoms. The maximum Gasteiger partial charge on any atom is 0.290 e. The van der Waals surface area contributed by atoms with Gasteiger partial charge in [-0.15, -0.1) is 11.3 Å². The van der Waals surface area contributed by atoms with E-state index >= 15 is 0 Å². The number of aromatic nitrogens is 3. The van der Waals surface area contributed by atoms with E-state index in [1.54, 1.807) is 0 Å². The van der Waals surface area contributed by atoms with Crippen LogP contribution in [0.1, 0.15) is 6.92 Å². The molecule has 2 aromatic carbocycles. The molecule has 2 heterocycles. The maximum atomic E-state index is 12.6. The molecule has 0 unspecified atom stereocenters. The zero-order valence-electron chi connectivity index (χ0n) is 14.8. The average molecular weight is 374 g/mol. The van der Waals surface area contributed by atoms with Gasteiger partial charge in [0.15, 0.2) is 0 Å². The van der Waals surface area contributed by atoms with E-state index in [2.05, 4.69) is 5.10 Å². The Kier molecular flexibility index (Phi) is 4.56. The van der Waals surface area contributed by atoms with Crippen LogP contribution in [0.5, 0.6) is 0 Å². The molecular formula is C21H18N4OS. The van der Waals surface area contributed by atoms with Crippen molar-refractivity contribution in [1.29, 1.82) is 0 Å². The molecule has 2 N–H and O–H groups in total. The summed E-state index contributed by atoms with van der Waals surface area (Å²) in [4.78, 5) is 17.4. The van der Waals surface area contributed by atoms with Gasteiger partial charge in [0.25, 0.3) is 5.56 Å². The molecule has 0 amide bonds. The molecule has 5 nitrogen and oxygen atoms in total. The van der Waals surface area contributed by atoms with Crippen LogP contribution in [0.4, 0.5) is 5.69 Å². The summed E-state index contributed by atoms with van der Waals surface area (Å²) in [5, 5.41) is 7.38. The van der Waals surface area contributed by atoms with Crippen LogP contribution in [0.3, 0.4) is 0 Å². The Morgan fingerprint density at radius 3 is 2.26 bits per heavy atom. The number of benzene rings is 2. The number of nitrogens with two attached hydrogens (primary N) is 1. The molecule has 0 aliphatic heterocycles. The first-order chi connectivity index (χ1) is 13.2. The number of aryl methyl sites for hydroxylation is 1. The summed E-state index contributed by atoms with van der Waals surface area (Å²) in [7, 11) is 0. The van der Waals surface area contributed by atoms with Crippen molar-refractivity contribution in [3.05, 3.63) is 76.4 Å². The standard InChI is InChI=1S/C21H18N4OS/c1-2-25-21(26)18(22)17(19(24-25)14-9-5-3-6-10-14)16-13-27-20(23-16)15-11-7-4-8-12-15/h3-13H,2,22H2,1H3. The van der Waals surface area contributed by atoms with Crippen LogP contribution in [0.2, 0.25) is 0 Å². The van der Waals surface area contributed by atoms with Crippen molar-refractivity contribution in [3.63, 3.8) is 0 Å². The summed E-state index contributed by atoms with van der Waals surface area (Å²) < 4.78 is 1.39. The molecule has 0 aliphatic rings. The molecule has 4 rings (SSSR count). The van der Waals surface area contributed by atoms with E-state index in [0.29, 0.717) is 23.5 Å². The lowest BCUT2D eigenvalue weighted by Crippen LogP contribution is -2.26. The zero-order chi connectivity index (χ0) is 18.8. The quantitative estimate of drug-likeness (QED) is 0.578. The summed E-state index contributed by atoms with van der Waals surface area (Å²) in [6.45, 7) is 2.33. The molecule has 0 radical (unpaired) electrons. The summed E-state index contributed by atoms with van der Waals surface area (Å²) in [6.07, 6.45) is 0. The fourth-order valence-electron chi connectivity index (χ4n) is 2.96. The van der Waals surface area contributed by atoms with Crippen molar-refractivity contribution in [3.8, 4) is 33.1 Å². The molecule has 0 bridgehead atoms. The summed E-state index contributed by atoms with van der Waals surface area (Å²) >= 11 is 1.52. The highest BCUT2D eigenvalue weighted by atomic mass is 32.1. The lowest BCUT2D eigenvalue weighted by Gasteiger charge is -2.12. The molecule has 0 aliphatic carbocycles.